The lowest BCUT2D eigenvalue weighted by Gasteiger charge is -2.36. The smallest absolute Gasteiger partial charge is 0.191 e. The first kappa shape index (κ1) is 12.5. The van der Waals surface area contributed by atoms with E-state index in [1.807, 2.05) is 12.4 Å². The maximum atomic E-state index is 6.06. The average molecular weight is 226 g/mol. The largest absolute Gasteiger partial charge is 0.416 e. The van der Waals surface area contributed by atoms with Crippen molar-refractivity contribution in [3.05, 3.63) is 18.0 Å². The van der Waals surface area contributed by atoms with Crippen LogP contribution in [0.5, 0.6) is 0 Å². The number of nitrogens with zero attached hydrogens (tertiary/aromatic N) is 1. The van der Waals surface area contributed by atoms with Gasteiger partial charge in [0, 0.05) is 12.8 Å². The molecule has 0 spiro atoms. The minimum Gasteiger partial charge on any atom is -0.416 e. The highest BCUT2D eigenvalue weighted by atomic mass is 28.4. The molecule has 0 saturated carbocycles. The molecule has 0 aromatic carbocycles. The molecule has 0 fully saturated rings. The van der Waals surface area contributed by atoms with E-state index in [4.69, 9.17) is 4.43 Å². The molecule has 15 heavy (non-hydrogen) atoms. The van der Waals surface area contributed by atoms with Crippen LogP contribution in [0.15, 0.2) is 12.4 Å². The second kappa shape index (κ2) is 4.49. The number of nitrogens with one attached hydrogen (secondary N) is 1. The molecule has 1 aromatic rings. The third-order valence-corrected chi connectivity index (χ3v) is 7.75. The van der Waals surface area contributed by atoms with Crippen LogP contribution in [0.25, 0.3) is 0 Å². The van der Waals surface area contributed by atoms with Gasteiger partial charge in [-0.1, -0.05) is 20.8 Å². The van der Waals surface area contributed by atoms with Crippen molar-refractivity contribution in [2.45, 2.75) is 45.3 Å². The summed E-state index contributed by atoms with van der Waals surface area (Å²) in [7, 11) is -1.57. The minimum absolute atomic E-state index is 0.295. The fourth-order valence-electron chi connectivity index (χ4n) is 1.05. The van der Waals surface area contributed by atoms with Gasteiger partial charge in [-0.2, -0.15) is 5.10 Å². The number of rotatable bonds is 4. The molecule has 86 valence electrons. The second-order valence-electron chi connectivity index (χ2n) is 5.47. The summed E-state index contributed by atoms with van der Waals surface area (Å²) in [6.07, 6.45) is 4.73. The molecular formula is C11H22N2OSi. The molecule has 1 aromatic heterocycles. The van der Waals surface area contributed by atoms with Gasteiger partial charge in [0.25, 0.3) is 0 Å². The molecule has 0 unspecified atom stereocenters. The van der Waals surface area contributed by atoms with Gasteiger partial charge in [0.1, 0.15) is 0 Å². The van der Waals surface area contributed by atoms with Gasteiger partial charge in [-0.05, 0) is 30.1 Å². The van der Waals surface area contributed by atoms with Crippen LogP contribution in [0.1, 0.15) is 26.3 Å². The van der Waals surface area contributed by atoms with Gasteiger partial charge in [0.2, 0.25) is 0 Å². The van der Waals surface area contributed by atoms with E-state index >= 15 is 0 Å². The summed E-state index contributed by atoms with van der Waals surface area (Å²) in [4.78, 5) is 0. The molecule has 3 nitrogen and oxygen atoms in total. The van der Waals surface area contributed by atoms with Crippen LogP contribution >= 0.6 is 0 Å². The Morgan fingerprint density at radius 1 is 1.40 bits per heavy atom. The molecule has 0 aliphatic carbocycles. The van der Waals surface area contributed by atoms with Gasteiger partial charge < -0.3 is 4.43 Å². The van der Waals surface area contributed by atoms with Crippen molar-refractivity contribution in [3.63, 3.8) is 0 Å². The van der Waals surface area contributed by atoms with Crippen molar-refractivity contribution < 1.29 is 4.43 Å². The number of hydrogen-bond donors (Lipinski definition) is 1. The fraction of sp³-hybridized carbons (Fsp3) is 0.727. The Kier molecular flexibility index (Phi) is 3.73. The van der Waals surface area contributed by atoms with Crippen LogP contribution in [0.4, 0.5) is 0 Å². The van der Waals surface area contributed by atoms with Crippen molar-refractivity contribution in [2.24, 2.45) is 0 Å². The van der Waals surface area contributed by atoms with Crippen molar-refractivity contribution in [1.29, 1.82) is 0 Å². The number of aromatic amines is 1. The third kappa shape index (κ3) is 3.46. The SMILES string of the molecule is CC(C)(C)[Si](C)(C)OCCc1cn[nH]c1. The van der Waals surface area contributed by atoms with Gasteiger partial charge in [-0.25, -0.2) is 0 Å². The quantitative estimate of drug-likeness (QED) is 0.802. The average Bonchev–Trinajstić information content (AvgIpc) is 2.54. The van der Waals surface area contributed by atoms with E-state index in [0.29, 0.717) is 5.04 Å². The molecule has 0 radical (unpaired) electrons. The van der Waals surface area contributed by atoms with Crippen molar-refractivity contribution >= 4 is 8.32 Å². The van der Waals surface area contributed by atoms with Crippen molar-refractivity contribution in [1.82, 2.24) is 10.2 Å². The molecule has 0 saturated heterocycles. The molecule has 1 N–H and O–H groups in total. The first-order chi connectivity index (χ1) is 6.83. The Hall–Kier alpha value is -0.613. The third-order valence-electron chi connectivity index (χ3n) is 3.21. The predicted molar refractivity (Wildman–Crippen MR) is 65.4 cm³/mol. The standard InChI is InChI=1S/C11H22N2OSi/c1-11(2,3)15(4,5)14-7-6-10-8-12-13-9-10/h8-9H,6-7H2,1-5H3,(H,12,13). The topological polar surface area (TPSA) is 37.9 Å². The molecule has 0 bridgehead atoms. The number of hydrogen-bond acceptors (Lipinski definition) is 2. The molecule has 4 heteroatoms. The fourth-order valence-corrected chi connectivity index (χ4v) is 2.10. The summed E-state index contributed by atoms with van der Waals surface area (Å²) in [6.45, 7) is 12.1. The van der Waals surface area contributed by atoms with Crippen LogP contribution in [-0.2, 0) is 10.8 Å². The summed E-state index contributed by atoms with van der Waals surface area (Å²) in [6, 6.07) is 0. The van der Waals surface area contributed by atoms with E-state index in [0.717, 1.165) is 13.0 Å². The highest BCUT2D eigenvalue weighted by Gasteiger charge is 2.36. The monoisotopic (exact) mass is 226 g/mol. The molecule has 1 rings (SSSR count). The summed E-state index contributed by atoms with van der Waals surface area (Å²) < 4.78 is 6.06. The zero-order valence-electron chi connectivity index (χ0n) is 10.4. The van der Waals surface area contributed by atoms with E-state index in [-0.39, 0.29) is 0 Å². The number of H-pyrrole nitrogens is 1. The van der Waals surface area contributed by atoms with Crippen molar-refractivity contribution in [2.75, 3.05) is 6.61 Å². The van der Waals surface area contributed by atoms with Gasteiger partial charge in [-0.15, -0.1) is 0 Å². The van der Waals surface area contributed by atoms with Gasteiger partial charge >= 0.3 is 0 Å². The predicted octanol–water partition coefficient (Wildman–Crippen LogP) is 2.97. The lowest BCUT2D eigenvalue weighted by molar-refractivity contribution is 0.292. The Morgan fingerprint density at radius 2 is 2.07 bits per heavy atom. The number of aromatic nitrogens is 2. The zero-order valence-corrected chi connectivity index (χ0v) is 11.4. The second-order valence-corrected chi connectivity index (χ2v) is 10.3. The summed E-state index contributed by atoms with van der Waals surface area (Å²) in [5.74, 6) is 0. The lowest BCUT2D eigenvalue weighted by Crippen LogP contribution is -2.41. The van der Waals surface area contributed by atoms with E-state index < -0.39 is 8.32 Å². The molecule has 0 aliphatic heterocycles. The van der Waals surface area contributed by atoms with Crippen LogP contribution < -0.4 is 0 Å². The summed E-state index contributed by atoms with van der Waals surface area (Å²) >= 11 is 0. The van der Waals surface area contributed by atoms with E-state index in [9.17, 15) is 0 Å². The Balaban J connectivity index is 2.37. The first-order valence-electron chi connectivity index (χ1n) is 5.44. The van der Waals surface area contributed by atoms with Crippen LogP contribution in [-0.4, -0.2) is 25.1 Å². The van der Waals surface area contributed by atoms with Crippen molar-refractivity contribution in [3.8, 4) is 0 Å². The molecule has 0 atom stereocenters. The molecule has 0 amide bonds. The molecular weight excluding hydrogens is 204 g/mol. The Bertz CT molecular complexity index is 288. The zero-order chi connectivity index (χ0) is 11.5. The first-order valence-corrected chi connectivity index (χ1v) is 8.35. The maximum Gasteiger partial charge on any atom is 0.191 e. The Morgan fingerprint density at radius 3 is 2.53 bits per heavy atom. The van der Waals surface area contributed by atoms with E-state index in [1.54, 1.807) is 0 Å². The van der Waals surface area contributed by atoms with E-state index in [1.165, 1.54) is 5.56 Å². The van der Waals surface area contributed by atoms with Crippen LogP contribution in [0, 0.1) is 0 Å². The van der Waals surface area contributed by atoms with Gasteiger partial charge in [-0.3, -0.25) is 5.10 Å². The minimum atomic E-state index is -1.57. The molecule has 0 aliphatic rings. The van der Waals surface area contributed by atoms with E-state index in [2.05, 4.69) is 44.1 Å². The highest BCUT2D eigenvalue weighted by Crippen LogP contribution is 2.36. The summed E-state index contributed by atoms with van der Waals surface area (Å²) in [5, 5.41) is 7.03. The normalized spacial score (nSPS) is 13.1. The van der Waals surface area contributed by atoms with Crippen LogP contribution in [0.2, 0.25) is 18.1 Å². The highest BCUT2D eigenvalue weighted by molar-refractivity contribution is 6.74. The van der Waals surface area contributed by atoms with Gasteiger partial charge in [0.05, 0.1) is 6.20 Å². The Labute approximate surface area is 93.4 Å². The van der Waals surface area contributed by atoms with Crippen LogP contribution in [0.3, 0.4) is 0 Å². The van der Waals surface area contributed by atoms with Gasteiger partial charge in [0.15, 0.2) is 8.32 Å². The summed E-state index contributed by atoms with van der Waals surface area (Å²) in [5.41, 5.74) is 1.22. The molecule has 1 heterocycles. The lowest BCUT2D eigenvalue weighted by atomic mass is 10.2. The maximum absolute atomic E-state index is 6.06.